The molecule has 0 rings (SSSR count). The van der Waals surface area contributed by atoms with Crippen LogP contribution in [0.1, 0.15) is 0 Å². The molecule has 0 aliphatic heterocycles. The van der Waals surface area contributed by atoms with Crippen molar-refractivity contribution in [2.75, 3.05) is 0 Å². The van der Waals surface area contributed by atoms with E-state index < -0.39 is 0 Å². The topological polar surface area (TPSA) is 0 Å². The van der Waals surface area contributed by atoms with Crippen molar-refractivity contribution in [1.82, 2.24) is 0 Å². The predicted octanol–water partition coefficient (Wildman–Crippen LogP) is 1.80. The van der Waals surface area contributed by atoms with Gasteiger partial charge in [0.2, 0.25) is 0 Å². The summed E-state index contributed by atoms with van der Waals surface area (Å²) < 4.78 is 0. The van der Waals surface area contributed by atoms with Crippen molar-refractivity contribution in [2.24, 2.45) is 0 Å². The molecule has 0 saturated carbocycles. The van der Waals surface area contributed by atoms with Crippen molar-refractivity contribution in [2.45, 2.75) is 0 Å². The van der Waals surface area contributed by atoms with Gasteiger partial charge in [-0.15, -0.1) is 18.2 Å². The van der Waals surface area contributed by atoms with E-state index >= 15 is 0 Å². The lowest BCUT2D eigenvalue weighted by Gasteiger charge is -1.80. The van der Waals surface area contributed by atoms with Gasteiger partial charge in [0, 0.05) is 0 Å². The Balaban J connectivity index is 2.85. The Morgan fingerprint density at radius 3 is 2.00 bits per heavy atom. The van der Waals surface area contributed by atoms with Gasteiger partial charge >= 0.3 is 0 Å². The monoisotopic (exact) mass is 124 g/mol. The third kappa shape index (κ3) is 5.03. The molecule has 0 aromatic carbocycles. The van der Waals surface area contributed by atoms with Crippen LogP contribution in [0.5, 0.6) is 0 Å². The molecule has 3 unspecified atom stereocenters. The summed E-state index contributed by atoms with van der Waals surface area (Å²) in [6.45, 7) is 3.63. The van der Waals surface area contributed by atoms with Crippen molar-refractivity contribution in [3.05, 3.63) is 11.6 Å². The number of rotatable bonds is 1. The third-order valence-electron chi connectivity index (χ3n) is 0.185. The lowest BCUT2D eigenvalue weighted by atomic mass is 11.3. The molecule has 0 aromatic rings. The summed E-state index contributed by atoms with van der Waals surface area (Å²) in [5.41, 5.74) is 0. The fourth-order valence-electron chi connectivity index (χ4n) is 0. The van der Waals surface area contributed by atoms with Gasteiger partial charge in [-0.1, -0.05) is 14.8 Å². The van der Waals surface area contributed by atoms with Gasteiger partial charge in [0.1, 0.15) is 0 Å². The van der Waals surface area contributed by atoms with E-state index in [-0.39, 0.29) is 0 Å². The van der Waals surface area contributed by atoms with E-state index in [9.17, 15) is 0 Å². The van der Waals surface area contributed by atoms with Crippen LogP contribution in [-0.4, -0.2) is 0 Å². The predicted molar refractivity (Wildman–Crippen MR) is 36.9 cm³/mol. The molecule has 0 radical (unpaired) electrons. The standard InChI is InChI=1S/C2H7P3/c1-2(3)5-4/h5H,1,3-4H2. The molecule has 0 aliphatic rings. The molecule has 5 heavy (non-hydrogen) atoms. The van der Waals surface area contributed by atoms with Crippen LogP contribution in [0, 0.1) is 0 Å². The summed E-state index contributed by atoms with van der Waals surface area (Å²) in [6, 6.07) is 0. The number of hydrogen-bond donors (Lipinski definition) is 0. The minimum Gasteiger partial charge on any atom is -0.110 e. The lowest BCUT2D eigenvalue weighted by Crippen LogP contribution is -1.27. The van der Waals surface area contributed by atoms with Crippen molar-refractivity contribution >= 4 is 26.4 Å². The zero-order valence-electron chi connectivity index (χ0n) is 2.86. The minimum absolute atomic E-state index is 0.799. The fraction of sp³-hybridized carbons (Fsp3) is 0. The molecule has 0 amide bonds. The largest absolute Gasteiger partial charge is 0.110 e. The molecule has 0 aromatic heterocycles. The van der Waals surface area contributed by atoms with E-state index in [1.165, 1.54) is 0 Å². The smallest absolute Gasteiger partial charge is 0.0350 e. The highest BCUT2D eigenvalue weighted by atomic mass is 32.0. The molecule has 0 saturated heterocycles. The van der Waals surface area contributed by atoms with Crippen LogP contribution >= 0.6 is 26.4 Å². The fourth-order valence-corrected chi connectivity index (χ4v) is 0. The van der Waals surface area contributed by atoms with E-state index in [0.717, 1.165) is 13.3 Å². The first-order chi connectivity index (χ1) is 2.27. The van der Waals surface area contributed by atoms with Gasteiger partial charge in [0.15, 0.2) is 0 Å². The first-order valence-electron chi connectivity index (χ1n) is 1.18. The lowest BCUT2D eigenvalue weighted by molar-refractivity contribution is 2.53. The van der Waals surface area contributed by atoms with Crippen molar-refractivity contribution in [1.29, 1.82) is 0 Å². The summed E-state index contributed by atoms with van der Waals surface area (Å²) in [5.74, 6) is 0. The average Bonchev–Trinajstić information content (AvgIpc) is 1.38. The molecule has 3 heteroatoms. The normalized spacial score (nSPS) is 10.0. The molecule has 0 fully saturated rings. The summed E-state index contributed by atoms with van der Waals surface area (Å²) in [7, 11) is 5.93. The average molecular weight is 124 g/mol. The summed E-state index contributed by atoms with van der Waals surface area (Å²) in [4.78, 5) is 0. The molecule has 3 atom stereocenters. The highest BCUT2D eigenvalue weighted by molar-refractivity contribution is 8.07. The van der Waals surface area contributed by atoms with Crippen LogP contribution in [0.3, 0.4) is 0 Å². The molecular formula is C2H7P3. The van der Waals surface area contributed by atoms with E-state index in [2.05, 4.69) is 24.7 Å². The summed E-state index contributed by atoms with van der Waals surface area (Å²) >= 11 is 0. The third-order valence-corrected chi connectivity index (χ3v) is 3.17. The van der Waals surface area contributed by atoms with Gasteiger partial charge in [0.25, 0.3) is 0 Å². The van der Waals surface area contributed by atoms with Gasteiger partial charge in [-0.2, -0.15) is 0 Å². The maximum atomic E-state index is 3.63. The molecule has 0 bridgehead atoms. The van der Waals surface area contributed by atoms with Gasteiger partial charge in [-0.25, -0.2) is 0 Å². The second kappa shape index (κ2) is 3.23. The Labute approximate surface area is 38.9 Å². The van der Waals surface area contributed by atoms with E-state index in [4.69, 9.17) is 0 Å². The van der Waals surface area contributed by atoms with Gasteiger partial charge in [-0.05, 0) is 5.06 Å². The quantitative estimate of drug-likeness (QED) is 0.467. The van der Waals surface area contributed by atoms with Crippen LogP contribution in [-0.2, 0) is 0 Å². The van der Waals surface area contributed by atoms with Crippen LogP contribution in [0.4, 0.5) is 0 Å². The number of hydrogen-bond acceptors (Lipinski definition) is 0. The highest BCUT2D eigenvalue weighted by Crippen LogP contribution is 2.33. The zero-order valence-corrected chi connectivity index (χ0v) is 6.17. The highest BCUT2D eigenvalue weighted by Gasteiger charge is 1.67. The molecule has 0 aliphatic carbocycles. The van der Waals surface area contributed by atoms with Crippen LogP contribution in [0.25, 0.3) is 0 Å². The van der Waals surface area contributed by atoms with E-state index in [1.54, 1.807) is 0 Å². The van der Waals surface area contributed by atoms with Crippen molar-refractivity contribution < 1.29 is 0 Å². The summed E-state index contributed by atoms with van der Waals surface area (Å²) in [6.07, 6.45) is 0. The van der Waals surface area contributed by atoms with Crippen LogP contribution in [0.2, 0.25) is 0 Å². The molecule has 0 N–H and O–H groups in total. The SMILES string of the molecule is C=C(P)PP. The molecule has 0 heterocycles. The molecule has 0 spiro atoms. The molecule has 0 nitrogen and oxygen atoms in total. The Kier molecular flexibility index (Phi) is 3.89. The van der Waals surface area contributed by atoms with Gasteiger partial charge in [-0.3, -0.25) is 0 Å². The van der Waals surface area contributed by atoms with E-state index in [0.29, 0.717) is 0 Å². The van der Waals surface area contributed by atoms with Gasteiger partial charge < -0.3 is 0 Å². The van der Waals surface area contributed by atoms with Crippen molar-refractivity contribution in [3.63, 3.8) is 0 Å². The Morgan fingerprint density at radius 2 is 2.00 bits per heavy atom. The molecule has 30 valence electrons. The maximum absolute atomic E-state index is 3.63. The van der Waals surface area contributed by atoms with Crippen LogP contribution < -0.4 is 0 Å². The minimum atomic E-state index is 0.799. The van der Waals surface area contributed by atoms with E-state index in [1.807, 2.05) is 0 Å². The Hall–Kier alpha value is 1.03. The Morgan fingerprint density at radius 1 is 1.80 bits per heavy atom. The Bertz CT molecular complexity index is 40.2. The molecular weight excluding hydrogens is 117 g/mol. The van der Waals surface area contributed by atoms with Gasteiger partial charge in [0.05, 0.1) is 0 Å². The zero-order chi connectivity index (χ0) is 4.28. The first-order valence-corrected chi connectivity index (χ1v) is 4.57. The maximum Gasteiger partial charge on any atom is -0.0350 e. The second-order valence-electron chi connectivity index (χ2n) is 0.670. The summed E-state index contributed by atoms with van der Waals surface area (Å²) in [5, 5.41) is 1.16. The van der Waals surface area contributed by atoms with Crippen LogP contribution in [0.15, 0.2) is 11.6 Å². The second-order valence-corrected chi connectivity index (χ2v) is 3.74. The van der Waals surface area contributed by atoms with Crippen molar-refractivity contribution in [3.8, 4) is 0 Å². The first kappa shape index (κ1) is 6.03.